The molecule has 1 aromatic carbocycles. The summed E-state index contributed by atoms with van der Waals surface area (Å²) in [6.07, 6.45) is 0. The van der Waals surface area contributed by atoms with Crippen molar-refractivity contribution in [2.45, 2.75) is 13.8 Å². The van der Waals surface area contributed by atoms with E-state index in [0.29, 0.717) is 11.8 Å². The number of rotatable bonds is 1. The molecule has 0 radical (unpaired) electrons. The number of fused-ring (bicyclic) bond motifs is 2. The summed E-state index contributed by atoms with van der Waals surface area (Å²) in [6, 6.07) is 6.02. The van der Waals surface area contributed by atoms with E-state index in [1.54, 1.807) is 0 Å². The fraction of sp³-hybridized carbons (Fsp3) is 0.471. The van der Waals surface area contributed by atoms with Crippen LogP contribution in [0.4, 0.5) is 0 Å². The van der Waals surface area contributed by atoms with Crippen LogP contribution in [0.25, 0.3) is 10.9 Å². The maximum atomic E-state index is 12.7. The van der Waals surface area contributed by atoms with Crippen LogP contribution in [0.2, 0.25) is 0 Å². The molecule has 2 atom stereocenters. The van der Waals surface area contributed by atoms with Crippen molar-refractivity contribution in [2.24, 2.45) is 11.8 Å². The van der Waals surface area contributed by atoms with Crippen LogP contribution in [0.1, 0.15) is 21.6 Å². The summed E-state index contributed by atoms with van der Waals surface area (Å²) < 4.78 is 0. The predicted molar refractivity (Wildman–Crippen MR) is 83.5 cm³/mol. The summed E-state index contributed by atoms with van der Waals surface area (Å²) in [6.45, 7) is 8.10. The number of H-pyrrole nitrogens is 1. The molecule has 0 spiro atoms. The molecule has 4 heteroatoms. The van der Waals surface area contributed by atoms with Gasteiger partial charge < -0.3 is 15.2 Å². The van der Waals surface area contributed by atoms with E-state index in [0.717, 1.165) is 37.3 Å². The number of nitrogens with zero attached hydrogens (tertiary/aromatic N) is 1. The average Bonchev–Trinajstić information content (AvgIpc) is 3.13. The highest BCUT2D eigenvalue weighted by atomic mass is 16.2. The van der Waals surface area contributed by atoms with Crippen molar-refractivity contribution in [3.05, 3.63) is 35.0 Å². The van der Waals surface area contributed by atoms with Crippen LogP contribution >= 0.6 is 0 Å². The fourth-order valence-electron chi connectivity index (χ4n) is 3.80. The Kier molecular flexibility index (Phi) is 2.82. The number of likely N-dealkylation sites (tertiary alicyclic amines) is 1. The summed E-state index contributed by atoms with van der Waals surface area (Å²) in [5, 5.41) is 4.58. The zero-order valence-electron chi connectivity index (χ0n) is 12.6. The zero-order valence-corrected chi connectivity index (χ0v) is 12.6. The first-order valence-corrected chi connectivity index (χ1v) is 7.72. The quantitative estimate of drug-likeness (QED) is 0.842. The van der Waals surface area contributed by atoms with Crippen LogP contribution < -0.4 is 5.32 Å². The molecule has 1 amide bonds. The van der Waals surface area contributed by atoms with E-state index in [2.05, 4.69) is 24.1 Å². The standard InChI is InChI=1S/C17H21N3O/c1-10-11(2)19-16-4-3-12(5-15(10)16)17(21)20-8-13-6-18-7-14(13)9-20/h3-5,13-14,18-19H,6-9H2,1-2H3/t13-,14+. The van der Waals surface area contributed by atoms with Crippen molar-refractivity contribution in [1.82, 2.24) is 15.2 Å². The largest absolute Gasteiger partial charge is 0.358 e. The second-order valence-electron chi connectivity index (χ2n) is 6.52. The Morgan fingerprint density at radius 2 is 1.90 bits per heavy atom. The molecule has 110 valence electrons. The summed E-state index contributed by atoms with van der Waals surface area (Å²) in [7, 11) is 0. The molecule has 21 heavy (non-hydrogen) atoms. The van der Waals surface area contributed by atoms with Gasteiger partial charge in [-0.15, -0.1) is 0 Å². The van der Waals surface area contributed by atoms with E-state index >= 15 is 0 Å². The van der Waals surface area contributed by atoms with Gasteiger partial charge in [-0.3, -0.25) is 4.79 Å². The molecular weight excluding hydrogens is 262 g/mol. The third kappa shape index (κ3) is 1.97. The minimum Gasteiger partial charge on any atom is -0.358 e. The Hall–Kier alpha value is -1.81. The lowest BCUT2D eigenvalue weighted by Crippen LogP contribution is -2.31. The third-order valence-corrected chi connectivity index (χ3v) is 5.23. The molecule has 2 aromatic rings. The molecule has 4 rings (SSSR count). The van der Waals surface area contributed by atoms with E-state index in [-0.39, 0.29) is 5.91 Å². The molecular formula is C17H21N3O. The first-order chi connectivity index (χ1) is 10.1. The van der Waals surface area contributed by atoms with Gasteiger partial charge in [0.1, 0.15) is 0 Å². The van der Waals surface area contributed by atoms with Crippen molar-refractivity contribution in [2.75, 3.05) is 26.2 Å². The Balaban J connectivity index is 1.64. The van der Waals surface area contributed by atoms with Gasteiger partial charge in [-0.25, -0.2) is 0 Å². The number of carbonyl (C=O) groups excluding carboxylic acids is 1. The van der Waals surface area contributed by atoms with Gasteiger partial charge in [-0.2, -0.15) is 0 Å². The maximum Gasteiger partial charge on any atom is 0.253 e. The molecule has 3 heterocycles. The van der Waals surface area contributed by atoms with Crippen molar-refractivity contribution >= 4 is 16.8 Å². The Labute approximate surface area is 124 Å². The van der Waals surface area contributed by atoms with E-state index in [1.807, 2.05) is 23.1 Å². The Morgan fingerprint density at radius 1 is 1.19 bits per heavy atom. The highest BCUT2D eigenvalue weighted by molar-refractivity contribution is 5.99. The Morgan fingerprint density at radius 3 is 2.62 bits per heavy atom. The van der Waals surface area contributed by atoms with E-state index in [4.69, 9.17) is 0 Å². The predicted octanol–water partition coefficient (Wildman–Crippen LogP) is 2.08. The molecule has 0 unspecified atom stereocenters. The van der Waals surface area contributed by atoms with Crippen LogP contribution in [0.3, 0.4) is 0 Å². The van der Waals surface area contributed by atoms with Crippen LogP contribution in [0, 0.1) is 25.7 Å². The molecule has 2 aliphatic rings. The van der Waals surface area contributed by atoms with Gasteiger partial charge in [-0.1, -0.05) is 0 Å². The molecule has 2 saturated heterocycles. The number of hydrogen-bond donors (Lipinski definition) is 2. The van der Waals surface area contributed by atoms with Crippen molar-refractivity contribution < 1.29 is 4.79 Å². The topological polar surface area (TPSA) is 48.1 Å². The molecule has 2 fully saturated rings. The smallest absolute Gasteiger partial charge is 0.253 e. The molecule has 2 N–H and O–H groups in total. The monoisotopic (exact) mass is 283 g/mol. The van der Waals surface area contributed by atoms with Crippen LogP contribution in [0.5, 0.6) is 0 Å². The van der Waals surface area contributed by atoms with Crippen LogP contribution in [0.15, 0.2) is 18.2 Å². The molecule has 1 aromatic heterocycles. The van der Waals surface area contributed by atoms with Crippen LogP contribution in [-0.4, -0.2) is 42.0 Å². The lowest BCUT2D eigenvalue weighted by molar-refractivity contribution is 0.0782. The van der Waals surface area contributed by atoms with Crippen molar-refractivity contribution in [3.8, 4) is 0 Å². The second kappa shape index (κ2) is 4.60. The highest BCUT2D eigenvalue weighted by Crippen LogP contribution is 2.28. The normalized spacial score (nSPS) is 24.8. The van der Waals surface area contributed by atoms with Gasteiger partial charge in [0, 0.05) is 48.3 Å². The van der Waals surface area contributed by atoms with Gasteiger partial charge in [0.25, 0.3) is 5.91 Å². The molecule has 4 nitrogen and oxygen atoms in total. The zero-order chi connectivity index (χ0) is 14.6. The molecule has 2 aliphatic heterocycles. The van der Waals surface area contributed by atoms with Crippen molar-refractivity contribution in [3.63, 3.8) is 0 Å². The van der Waals surface area contributed by atoms with Gasteiger partial charge in [-0.05, 0) is 49.4 Å². The number of hydrogen-bond acceptors (Lipinski definition) is 2. The number of amides is 1. The lowest BCUT2D eigenvalue weighted by atomic mass is 10.0. The van der Waals surface area contributed by atoms with Crippen LogP contribution in [-0.2, 0) is 0 Å². The second-order valence-corrected chi connectivity index (χ2v) is 6.52. The van der Waals surface area contributed by atoms with E-state index in [9.17, 15) is 4.79 Å². The number of nitrogens with one attached hydrogen (secondary N) is 2. The minimum atomic E-state index is 0.185. The number of aryl methyl sites for hydroxylation is 2. The van der Waals surface area contributed by atoms with E-state index in [1.165, 1.54) is 16.6 Å². The van der Waals surface area contributed by atoms with E-state index < -0.39 is 0 Å². The average molecular weight is 283 g/mol. The first-order valence-electron chi connectivity index (χ1n) is 7.72. The minimum absolute atomic E-state index is 0.185. The number of aromatic amines is 1. The van der Waals surface area contributed by atoms with Gasteiger partial charge in [0.2, 0.25) is 0 Å². The molecule has 0 aliphatic carbocycles. The summed E-state index contributed by atoms with van der Waals surface area (Å²) in [5.41, 5.74) is 4.35. The van der Waals surface area contributed by atoms with Crippen molar-refractivity contribution in [1.29, 1.82) is 0 Å². The molecule has 0 bridgehead atoms. The summed E-state index contributed by atoms with van der Waals surface area (Å²) in [4.78, 5) is 18.1. The Bertz CT molecular complexity index is 706. The number of aromatic nitrogens is 1. The van der Waals surface area contributed by atoms with Gasteiger partial charge in [0.05, 0.1) is 0 Å². The first kappa shape index (κ1) is 12.9. The lowest BCUT2D eigenvalue weighted by Gasteiger charge is -2.17. The number of benzene rings is 1. The number of carbonyl (C=O) groups is 1. The van der Waals surface area contributed by atoms with Gasteiger partial charge >= 0.3 is 0 Å². The summed E-state index contributed by atoms with van der Waals surface area (Å²) in [5.74, 6) is 1.48. The molecule has 0 saturated carbocycles. The highest BCUT2D eigenvalue weighted by Gasteiger charge is 2.38. The SMILES string of the molecule is Cc1[nH]c2ccc(C(=O)N3C[C@H]4CNC[C@H]4C3)cc2c1C. The summed E-state index contributed by atoms with van der Waals surface area (Å²) >= 11 is 0. The fourth-order valence-corrected chi connectivity index (χ4v) is 3.80. The third-order valence-electron chi connectivity index (χ3n) is 5.23. The maximum absolute atomic E-state index is 12.7. The van der Waals surface area contributed by atoms with Gasteiger partial charge in [0.15, 0.2) is 0 Å².